The van der Waals surface area contributed by atoms with Gasteiger partial charge in [-0.3, -0.25) is 4.98 Å². The minimum Gasteiger partial charge on any atom is -0.310 e. The lowest BCUT2D eigenvalue weighted by atomic mass is 10.1. The van der Waals surface area contributed by atoms with Gasteiger partial charge < -0.3 is 4.57 Å². The second-order valence-corrected chi connectivity index (χ2v) is 8.26. The minimum atomic E-state index is -5.70. The molecule has 0 unspecified atom stereocenters. The van der Waals surface area contributed by atoms with Crippen LogP contribution in [-0.4, -0.2) is 31.4 Å². The molecule has 1 saturated carbocycles. The fourth-order valence-corrected chi connectivity index (χ4v) is 3.97. The van der Waals surface area contributed by atoms with Gasteiger partial charge in [0, 0.05) is 24.3 Å². The summed E-state index contributed by atoms with van der Waals surface area (Å²) in [6.07, 6.45) is -1.12. The number of halogens is 5. The van der Waals surface area contributed by atoms with E-state index < -0.39 is 17.7 Å². The maximum absolute atomic E-state index is 13.7. The number of pyridine rings is 2. The maximum Gasteiger partial charge on any atom is 0.458 e. The lowest BCUT2D eigenvalue weighted by Crippen LogP contribution is -2.33. The summed E-state index contributed by atoms with van der Waals surface area (Å²) in [6.45, 7) is 2.00. The van der Waals surface area contributed by atoms with Gasteiger partial charge in [-0.25, -0.2) is 9.97 Å². The number of aromatic nitrogens is 4. The molecule has 154 valence electrons. The number of fused-ring (bicyclic) bond motifs is 1. The van der Waals surface area contributed by atoms with Gasteiger partial charge in [-0.05, 0) is 42.2 Å². The number of hydrogen-bond acceptors (Lipinski definition) is 4. The van der Waals surface area contributed by atoms with Gasteiger partial charge in [0.1, 0.15) is 11.2 Å². The molecule has 0 radical (unpaired) electrons. The Labute approximate surface area is 167 Å². The van der Waals surface area contributed by atoms with Crippen molar-refractivity contribution in [1.29, 1.82) is 0 Å². The molecule has 1 aliphatic rings. The molecule has 0 bridgehead atoms. The molecule has 0 aromatic carbocycles. The Morgan fingerprint density at radius 3 is 2.45 bits per heavy atom. The summed E-state index contributed by atoms with van der Waals surface area (Å²) in [5.74, 6) is -3.31. The normalized spacial score (nSPS) is 15.3. The van der Waals surface area contributed by atoms with Crippen LogP contribution in [0.5, 0.6) is 0 Å². The Kier molecular flexibility index (Phi) is 4.79. The Balaban J connectivity index is 1.82. The van der Waals surface area contributed by atoms with Crippen LogP contribution in [0.2, 0.25) is 0 Å². The number of hydrogen-bond donors (Lipinski definition) is 0. The van der Waals surface area contributed by atoms with E-state index in [0.717, 1.165) is 35.1 Å². The summed E-state index contributed by atoms with van der Waals surface area (Å²) in [6, 6.07) is 2.80. The molecule has 4 nitrogen and oxygen atoms in total. The van der Waals surface area contributed by atoms with E-state index in [1.54, 1.807) is 29.6 Å². The van der Waals surface area contributed by atoms with Crippen LogP contribution in [0, 0.1) is 0 Å². The number of rotatable bonds is 5. The van der Waals surface area contributed by atoms with E-state index in [-0.39, 0.29) is 11.2 Å². The topological polar surface area (TPSA) is 43.6 Å². The molecule has 0 spiro atoms. The third-order valence-corrected chi connectivity index (χ3v) is 5.77. The quantitative estimate of drug-likeness (QED) is 0.388. The predicted octanol–water partition coefficient (Wildman–Crippen LogP) is 5.67. The van der Waals surface area contributed by atoms with Gasteiger partial charge in [0.2, 0.25) is 0 Å². The van der Waals surface area contributed by atoms with Gasteiger partial charge in [-0.15, -0.1) is 11.8 Å². The summed E-state index contributed by atoms with van der Waals surface area (Å²) >= 11 is 1.58. The lowest BCUT2D eigenvalue weighted by molar-refractivity contribution is -0.289. The first kappa shape index (κ1) is 20.1. The van der Waals surface area contributed by atoms with Crippen molar-refractivity contribution in [1.82, 2.24) is 19.5 Å². The highest BCUT2D eigenvalue weighted by atomic mass is 32.2. The van der Waals surface area contributed by atoms with Crippen LogP contribution < -0.4 is 0 Å². The van der Waals surface area contributed by atoms with E-state index in [2.05, 4.69) is 21.0 Å². The number of nitrogens with zero attached hydrogens (tertiary/aromatic N) is 4. The largest absolute Gasteiger partial charge is 0.458 e. The van der Waals surface area contributed by atoms with Crippen molar-refractivity contribution < 1.29 is 22.0 Å². The molecular weight excluding hydrogens is 411 g/mol. The molecule has 0 N–H and O–H groups in total. The van der Waals surface area contributed by atoms with Crippen molar-refractivity contribution in [3.63, 3.8) is 0 Å². The van der Waals surface area contributed by atoms with Gasteiger partial charge >= 0.3 is 12.1 Å². The van der Waals surface area contributed by atoms with E-state index in [0.29, 0.717) is 23.6 Å². The molecule has 1 fully saturated rings. The second kappa shape index (κ2) is 6.93. The molecule has 29 heavy (non-hydrogen) atoms. The van der Waals surface area contributed by atoms with Crippen LogP contribution in [-0.2, 0) is 13.0 Å². The van der Waals surface area contributed by atoms with Crippen molar-refractivity contribution in [2.75, 3.05) is 5.75 Å². The first-order valence-electron chi connectivity index (χ1n) is 9.04. The van der Waals surface area contributed by atoms with Crippen molar-refractivity contribution in [3.05, 3.63) is 35.7 Å². The Morgan fingerprint density at radius 1 is 1.10 bits per heavy atom. The van der Waals surface area contributed by atoms with Crippen LogP contribution >= 0.6 is 11.8 Å². The van der Waals surface area contributed by atoms with E-state index in [9.17, 15) is 22.0 Å². The first-order valence-corrected chi connectivity index (χ1v) is 10.0. The zero-order valence-electron chi connectivity index (χ0n) is 15.6. The molecule has 10 heteroatoms. The Bertz CT molecular complexity index is 1070. The molecule has 0 atom stereocenters. The Hall–Kier alpha value is -2.23. The van der Waals surface area contributed by atoms with E-state index >= 15 is 0 Å². The average molecular weight is 428 g/mol. The summed E-state index contributed by atoms with van der Waals surface area (Å²) < 4.78 is 67.0. The Morgan fingerprint density at radius 2 is 1.83 bits per heavy atom. The van der Waals surface area contributed by atoms with Gasteiger partial charge in [0.15, 0.2) is 11.5 Å². The zero-order chi connectivity index (χ0) is 21.0. The van der Waals surface area contributed by atoms with Crippen LogP contribution in [0.3, 0.4) is 0 Å². The SMILES string of the molecule is CCSc1cc(C2CC2)cnc1-c1nc2cc(C(F)(F)C(F)(F)F)cnc2n1C. The molecular formula is C19H17F5N4S. The van der Waals surface area contributed by atoms with Gasteiger partial charge in [0.05, 0.1) is 5.56 Å². The van der Waals surface area contributed by atoms with Crippen LogP contribution in [0.4, 0.5) is 22.0 Å². The summed E-state index contributed by atoms with van der Waals surface area (Å²) in [5.41, 5.74) is 0.647. The summed E-state index contributed by atoms with van der Waals surface area (Å²) in [7, 11) is 1.64. The van der Waals surface area contributed by atoms with Crippen LogP contribution in [0.1, 0.15) is 36.8 Å². The zero-order valence-corrected chi connectivity index (χ0v) is 16.4. The highest BCUT2D eigenvalue weighted by Gasteiger charge is 2.59. The molecule has 3 aromatic heterocycles. The highest BCUT2D eigenvalue weighted by molar-refractivity contribution is 7.99. The molecule has 0 aliphatic heterocycles. The number of imidazole rings is 1. The molecule has 0 amide bonds. The van der Waals surface area contributed by atoms with Crippen molar-refractivity contribution >= 4 is 22.9 Å². The first-order chi connectivity index (χ1) is 13.6. The molecule has 4 rings (SSSR count). The van der Waals surface area contributed by atoms with E-state index in [4.69, 9.17) is 0 Å². The third kappa shape index (κ3) is 3.47. The number of thioether (sulfide) groups is 1. The fraction of sp³-hybridized carbons (Fsp3) is 0.421. The van der Waals surface area contributed by atoms with E-state index in [1.807, 2.05) is 6.92 Å². The molecule has 0 saturated heterocycles. The standard InChI is InChI=1S/C19H17F5N4S/c1-3-29-14-6-11(10-4-5-10)8-25-15(14)17-27-13-7-12(9-26-16(13)28(17)2)18(20,21)19(22,23)24/h6-10H,3-5H2,1-2H3. The molecule has 1 aliphatic carbocycles. The van der Waals surface area contributed by atoms with Gasteiger partial charge in [-0.2, -0.15) is 22.0 Å². The van der Waals surface area contributed by atoms with Crippen LogP contribution in [0.15, 0.2) is 29.4 Å². The van der Waals surface area contributed by atoms with Gasteiger partial charge in [0.25, 0.3) is 0 Å². The number of aryl methyl sites for hydroxylation is 1. The van der Waals surface area contributed by atoms with E-state index in [1.165, 1.54) is 0 Å². The predicted molar refractivity (Wildman–Crippen MR) is 100 cm³/mol. The number of alkyl halides is 5. The molecule has 3 aromatic rings. The van der Waals surface area contributed by atoms with Crippen molar-refractivity contribution in [2.24, 2.45) is 7.05 Å². The molecule has 3 heterocycles. The third-order valence-electron chi connectivity index (χ3n) is 4.86. The smallest absolute Gasteiger partial charge is 0.310 e. The summed E-state index contributed by atoms with van der Waals surface area (Å²) in [5, 5.41) is 0. The average Bonchev–Trinajstić information content (AvgIpc) is 3.45. The second-order valence-electron chi connectivity index (χ2n) is 6.96. The maximum atomic E-state index is 13.7. The summed E-state index contributed by atoms with van der Waals surface area (Å²) in [4.78, 5) is 13.6. The lowest BCUT2D eigenvalue weighted by Gasteiger charge is -2.19. The van der Waals surface area contributed by atoms with Crippen molar-refractivity contribution in [3.8, 4) is 11.5 Å². The van der Waals surface area contributed by atoms with Crippen LogP contribution in [0.25, 0.3) is 22.7 Å². The fourth-order valence-electron chi connectivity index (χ4n) is 3.16. The monoisotopic (exact) mass is 428 g/mol. The highest BCUT2D eigenvalue weighted by Crippen LogP contribution is 2.45. The minimum absolute atomic E-state index is 0.0376. The van der Waals surface area contributed by atoms with Crippen molar-refractivity contribution in [2.45, 2.75) is 42.7 Å². The van der Waals surface area contributed by atoms with Gasteiger partial charge in [-0.1, -0.05) is 6.92 Å².